The van der Waals surface area contributed by atoms with Gasteiger partial charge in [-0.2, -0.15) is 0 Å². The summed E-state index contributed by atoms with van der Waals surface area (Å²) < 4.78 is 32.4. The van der Waals surface area contributed by atoms with Crippen LogP contribution in [0, 0.1) is 0 Å². The fraction of sp³-hybridized carbons (Fsp3) is 0.182. The third kappa shape index (κ3) is 18.4. The van der Waals surface area contributed by atoms with E-state index in [2.05, 4.69) is 43.3 Å². The van der Waals surface area contributed by atoms with Crippen LogP contribution in [-0.2, 0) is 18.9 Å². The van der Waals surface area contributed by atoms with Gasteiger partial charge in [-0.3, -0.25) is 9.59 Å². The molecule has 0 aliphatic rings. The Hall–Kier alpha value is -7.14. The molecule has 2 aromatic heterocycles. The maximum Gasteiger partial charge on any atom is 0.250 e. The number of ether oxygens (including phenoxy) is 6. The highest BCUT2D eigenvalue weighted by Gasteiger charge is 2.20. The lowest BCUT2D eigenvalue weighted by Gasteiger charge is -2.20. The molecule has 0 unspecified atom stereocenters. The van der Waals surface area contributed by atoms with Crippen molar-refractivity contribution in [2.45, 2.75) is 11.8 Å². The van der Waals surface area contributed by atoms with Gasteiger partial charge in [-0.05, 0) is 171 Å². The average molecular weight is 1260 g/mol. The van der Waals surface area contributed by atoms with Gasteiger partial charge in [-0.25, -0.2) is 0 Å². The molecule has 0 saturated heterocycles. The molecule has 10 rings (SSSR count). The summed E-state index contributed by atoms with van der Waals surface area (Å²) in [6.45, 7) is 4.33. The molecular weight excluding hydrogens is 1200 g/mol. The van der Waals surface area contributed by atoms with Crippen molar-refractivity contribution in [1.29, 1.82) is 0 Å². The molecule has 0 aliphatic heterocycles. The van der Waals surface area contributed by atoms with E-state index in [0.29, 0.717) is 78.6 Å². The lowest BCUT2D eigenvalue weighted by atomic mass is 9.84. The SMILES string of the molecule is COCCOCCOc1ccc(N)cc1.COCCOCCOc1ccc(Nc2cc(=O)[nH]c3ccc(C(c4ccc(Cl)cc4)c4ccc(Cl)cc4)cc23)cc1.O=c1cc(Br)c2cc(C(c3ccc(Cl)cc3)c3ccc(Cl)cc3)ccc2[nH]1. The molecule has 0 fully saturated rings. The molecule has 17 heteroatoms. The van der Waals surface area contributed by atoms with Crippen molar-refractivity contribution in [2.24, 2.45) is 0 Å². The van der Waals surface area contributed by atoms with Gasteiger partial charge in [0.25, 0.3) is 0 Å². The topological polar surface area (TPSA) is 159 Å². The molecular formula is C66H61BrCl4N4O8. The van der Waals surface area contributed by atoms with Crippen LogP contribution >= 0.6 is 62.3 Å². The highest BCUT2D eigenvalue weighted by Crippen LogP contribution is 2.38. The number of fused-ring (bicyclic) bond motifs is 2. The summed E-state index contributed by atoms with van der Waals surface area (Å²) in [6.07, 6.45) is 0. The van der Waals surface area contributed by atoms with Crippen molar-refractivity contribution < 1.29 is 28.4 Å². The molecule has 428 valence electrons. The highest BCUT2D eigenvalue weighted by atomic mass is 79.9. The fourth-order valence-electron chi connectivity index (χ4n) is 9.02. The van der Waals surface area contributed by atoms with Gasteiger partial charge in [0, 0.05) is 90.4 Å². The van der Waals surface area contributed by atoms with E-state index in [1.807, 2.05) is 158 Å². The van der Waals surface area contributed by atoms with Crippen molar-refractivity contribution in [3.8, 4) is 11.5 Å². The normalized spacial score (nSPS) is 11.0. The molecule has 0 atom stereocenters. The number of hydrogen-bond donors (Lipinski definition) is 4. The lowest BCUT2D eigenvalue weighted by Crippen LogP contribution is -2.10. The zero-order valence-electron chi connectivity index (χ0n) is 45.5. The van der Waals surface area contributed by atoms with Crippen LogP contribution in [0.2, 0.25) is 20.1 Å². The van der Waals surface area contributed by atoms with Gasteiger partial charge in [-0.1, -0.05) is 107 Å². The number of anilines is 3. The Morgan fingerprint density at radius 1 is 0.434 bits per heavy atom. The predicted molar refractivity (Wildman–Crippen MR) is 341 cm³/mol. The largest absolute Gasteiger partial charge is 0.491 e. The minimum atomic E-state index is -0.187. The van der Waals surface area contributed by atoms with Gasteiger partial charge in [0.2, 0.25) is 11.1 Å². The van der Waals surface area contributed by atoms with Crippen molar-refractivity contribution >= 4 is 101 Å². The summed E-state index contributed by atoms with van der Waals surface area (Å²) in [7, 11) is 3.29. The summed E-state index contributed by atoms with van der Waals surface area (Å²) >= 11 is 28.1. The number of H-pyrrole nitrogens is 2. The zero-order chi connectivity index (χ0) is 58.5. The number of aromatic amines is 2. The maximum atomic E-state index is 12.5. The summed E-state index contributed by atoms with van der Waals surface area (Å²) in [4.78, 5) is 30.1. The number of nitrogens with one attached hydrogen (secondary N) is 3. The number of halogens is 5. The molecule has 0 saturated carbocycles. The van der Waals surface area contributed by atoms with E-state index < -0.39 is 0 Å². The van der Waals surface area contributed by atoms with Crippen LogP contribution in [0.3, 0.4) is 0 Å². The summed E-state index contributed by atoms with van der Waals surface area (Å²) in [5.74, 6) is 1.49. The zero-order valence-corrected chi connectivity index (χ0v) is 50.1. The van der Waals surface area contributed by atoms with Crippen molar-refractivity contribution in [2.75, 3.05) is 78.1 Å². The van der Waals surface area contributed by atoms with Gasteiger partial charge < -0.3 is 49.4 Å². The average Bonchev–Trinajstić information content (AvgIpc) is 3.62. The van der Waals surface area contributed by atoms with E-state index in [1.165, 1.54) is 0 Å². The van der Waals surface area contributed by atoms with E-state index in [4.69, 9.17) is 80.6 Å². The van der Waals surface area contributed by atoms with Crippen LogP contribution in [0.1, 0.15) is 45.2 Å². The van der Waals surface area contributed by atoms with Gasteiger partial charge in [0.05, 0.1) is 50.8 Å². The monoisotopic (exact) mass is 1260 g/mol. The summed E-state index contributed by atoms with van der Waals surface area (Å²) in [5, 5.41) is 8.03. The van der Waals surface area contributed by atoms with Crippen LogP contribution < -0.4 is 31.6 Å². The molecule has 0 bridgehead atoms. The van der Waals surface area contributed by atoms with Crippen molar-refractivity contribution in [3.05, 3.63) is 273 Å². The molecule has 0 aliphatic carbocycles. The molecule has 12 nitrogen and oxygen atoms in total. The summed E-state index contributed by atoms with van der Waals surface area (Å²) in [5.41, 5.74) is 15.6. The van der Waals surface area contributed by atoms with Gasteiger partial charge in [0.15, 0.2) is 0 Å². The smallest absolute Gasteiger partial charge is 0.250 e. The van der Waals surface area contributed by atoms with Crippen molar-refractivity contribution in [3.63, 3.8) is 0 Å². The van der Waals surface area contributed by atoms with Crippen LogP contribution in [0.25, 0.3) is 21.8 Å². The molecule has 0 radical (unpaired) electrons. The number of rotatable bonds is 22. The van der Waals surface area contributed by atoms with E-state index in [0.717, 1.165) is 82.5 Å². The Morgan fingerprint density at radius 3 is 1.22 bits per heavy atom. The molecule has 8 aromatic carbocycles. The Kier molecular flexibility index (Phi) is 23.5. The Morgan fingerprint density at radius 2 is 0.795 bits per heavy atom. The number of nitrogen functional groups attached to an aromatic ring is 1. The number of hydrogen-bond acceptors (Lipinski definition) is 10. The Balaban J connectivity index is 0.000000183. The first-order valence-corrected chi connectivity index (χ1v) is 28.8. The van der Waals surface area contributed by atoms with Crippen LogP contribution in [0.4, 0.5) is 17.1 Å². The first kappa shape index (κ1) is 61.9. The van der Waals surface area contributed by atoms with E-state index in [9.17, 15) is 9.59 Å². The Labute approximate surface area is 510 Å². The van der Waals surface area contributed by atoms with E-state index in [1.54, 1.807) is 38.5 Å². The minimum Gasteiger partial charge on any atom is -0.491 e. The quantitative estimate of drug-likeness (QED) is 0.0292. The predicted octanol–water partition coefficient (Wildman–Crippen LogP) is 15.9. The van der Waals surface area contributed by atoms with E-state index in [-0.39, 0.29) is 23.0 Å². The number of benzene rings is 8. The number of nitrogens with two attached hydrogens (primary N) is 1. The first-order chi connectivity index (χ1) is 40.3. The van der Waals surface area contributed by atoms with Crippen LogP contribution in [0.15, 0.2) is 208 Å². The maximum absolute atomic E-state index is 12.5. The molecule has 5 N–H and O–H groups in total. The molecule has 83 heavy (non-hydrogen) atoms. The number of pyridine rings is 2. The standard InChI is InChI=1S/C33H30Cl2N2O4.C22H14BrCl2NO.C11H17NO3/c1-39-16-17-40-18-19-41-28-13-11-27(12-14-28)36-31-21-32(38)37-30-15-6-24(20-29(30)31)33(22-2-7-25(34)8-3-22)23-4-9-26(35)10-5-23;23-19-12-21(27)26-20-10-5-15(11-18(19)20)22(13-1-6-16(24)7-2-13)14-3-8-17(25)9-4-14;1-13-6-7-14-8-9-15-11-4-2-10(12)3-5-11/h2-15,20-21,33H,16-19H2,1H3,(H2,36,37,38);1-12,22H,(H,26,27);2-5H,6-9,12H2,1H3. The van der Waals surface area contributed by atoms with Gasteiger partial charge >= 0.3 is 0 Å². The summed E-state index contributed by atoms with van der Waals surface area (Å²) in [6, 6.07) is 61.7. The molecule has 0 spiro atoms. The van der Waals surface area contributed by atoms with Gasteiger partial charge in [0.1, 0.15) is 24.7 Å². The Bertz CT molecular complexity index is 3670. The minimum absolute atomic E-state index is 0.0164. The molecule has 2 heterocycles. The number of aromatic nitrogens is 2. The third-order valence-electron chi connectivity index (χ3n) is 13.0. The van der Waals surface area contributed by atoms with Crippen LogP contribution in [-0.4, -0.2) is 77.0 Å². The van der Waals surface area contributed by atoms with E-state index >= 15 is 0 Å². The second-order valence-electron chi connectivity index (χ2n) is 18.8. The number of methoxy groups -OCH3 is 2. The van der Waals surface area contributed by atoms with Crippen molar-refractivity contribution in [1.82, 2.24) is 9.97 Å². The van der Waals surface area contributed by atoms with Gasteiger partial charge in [-0.15, -0.1) is 0 Å². The molecule has 10 aromatic rings. The first-order valence-electron chi connectivity index (χ1n) is 26.5. The lowest BCUT2D eigenvalue weighted by molar-refractivity contribution is 0.0544. The van der Waals surface area contributed by atoms with Crippen LogP contribution in [0.5, 0.6) is 11.5 Å². The molecule has 0 amide bonds. The highest BCUT2D eigenvalue weighted by molar-refractivity contribution is 9.10. The second kappa shape index (κ2) is 31.5. The fourth-order valence-corrected chi connectivity index (χ4v) is 10.1. The second-order valence-corrected chi connectivity index (χ2v) is 21.4. The third-order valence-corrected chi connectivity index (χ3v) is 14.7.